The van der Waals surface area contributed by atoms with Gasteiger partial charge in [-0.1, -0.05) is 24.0 Å². The summed E-state index contributed by atoms with van der Waals surface area (Å²) in [5, 5.41) is 9.25. The fraction of sp³-hybridized carbons (Fsp3) is 0.240. The fourth-order valence-corrected chi connectivity index (χ4v) is 3.09. The average molecular weight is 448 g/mol. The Morgan fingerprint density at radius 2 is 1.85 bits per heavy atom. The molecule has 0 bridgehead atoms. The Labute approximate surface area is 191 Å². The number of aryl methyl sites for hydroxylation is 2. The molecule has 8 nitrogen and oxygen atoms in total. The third-order valence-electron chi connectivity index (χ3n) is 4.64. The minimum Gasteiger partial charge on any atom is -0.497 e. The van der Waals surface area contributed by atoms with Crippen LogP contribution in [0.2, 0.25) is 0 Å². The molecule has 0 unspecified atom stereocenters. The number of carboxylic acids is 1. The van der Waals surface area contributed by atoms with Crippen molar-refractivity contribution in [3.63, 3.8) is 0 Å². The number of benzene rings is 2. The summed E-state index contributed by atoms with van der Waals surface area (Å²) in [7, 11) is 1.53. The number of nitrogens with zero attached hydrogens (tertiary/aromatic N) is 2. The smallest absolute Gasteiger partial charge is 0.416 e. The summed E-state index contributed by atoms with van der Waals surface area (Å²) in [6.45, 7) is 3.18. The number of ether oxygens (including phenoxy) is 2. The monoisotopic (exact) mass is 448 g/mol. The number of methoxy groups -OCH3 is 1. The van der Waals surface area contributed by atoms with Crippen LogP contribution in [0.15, 0.2) is 52.9 Å². The van der Waals surface area contributed by atoms with Crippen LogP contribution in [0.25, 0.3) is 0 Å². The van der Waals surface area contributed by atoms with Crippen molar-refractivity contribution in [1.82, 2.24) is 9.88 Å². The van der Waals surface area contributed by atoms with Crippen LogP contribution in [0.3, 0.4) is 0 Å². The predicted molar refractivity (Wildman–Crippen MR) is 120 cm³/mol. The Morgan fingerprint density at radius 3 is 2.48 bits per heavy atom. The number of hydrogen-bond acceptors (Lipinski definition) is 6. The zero-order chi connectivity index (χ0) is 23.8. The Morgan fingerprint density at radius 1 is 1.12 bits per heavy atom. The number of amides is 1. The Kier molecular flexibility index (Phi) is 7.71. The zero-order valence-electron chi connectivity index (χ0n) is 18.6. The fourth-order valence-electron chi connectivity index (χ4n) is 3.09. The van der Waals surface area contributed by atoms with Crippen LogP contribution in [0, 0.1) is 25.7 Å². The molecule has 3 aromatic rings. The van der Waals surface area contributed by atoms with Gasteiger partial charge in [-0.05, 0) is 48.9 Å². The van der Waals surface area contributed by atoms with Crippen LogP contribution in [0.4, 0.5) is 4.79 Å². The van der Waals surface area contributed by atoms with Gasteiger partial charge in [-0.3, -0.25) is 9.69 Å². The highest BCUT2D eigenvalue weighted by atomic mass is 16.6. The van der Waals surface area contributed by atoms with Crippen LogP contribution >= 0.6 is 0 Å². The van der Waals surface area contributed by atoms with Crippen LogP contribution in [-0.4, -0.2) is 40.7 Å². The Balaban J connectivity index is 1.69. The van der Waals surface area contributed by atoms with E-state index in [9.17, 15) is 14.7 Å². The highest BCUT2D eigenvalue weighted by molar-refractivity contribution is 5.78. The summed E-state index contributed by atoms with van der Waals surface area (Å²) < 4.78 is 15.8. The van der Waals surface area contributed by atoms with Crippen LogP contribution in [0.1, 0.15) is 28.5 Å². The Hall–Kier alpha value is -4.25. The molecular weight excluding hydrogens is 424 g/mol. The second-order valence-electron chi connectivity index (χ2n) is 7.21. The summed E-state index contributed by atoms with van der Waals surface area (Å²) in [5.41, 5.74) is 2.26. The second kappa shape index (κ2) is 10.9. The lowest BCUT2D eigenvalue weighted by atomic mass is 10.1. The number of aromatic nitrogens is 1. The molecule has 0 saturated heterocycles. The van der Waals surface area contributed by atoms with Crippen molar-refractivity contribution in [3.05, 3.63) is 77.0 Å². The molecule has 0 atom stereocenters. The number of carbonyl (C=O) groups is 2. The van der Waals surface area contributed by atoms with Crippen molar-refractivity contribution in [2.24, 2.45) is 0 Å². The van der Waals surface area contributed by atoms with Gasteiger partial charge in [0.15, 0.2) is 5.89 Å². The largest absolute Gasteiger partial charge is 0.497 e. The lowest BCUT2D eigenvalue weighted by Gasteiger charge is -2.20. The van der Waals surface area contributed by atoms with Gasteiger partial charge in [0.05, 0.1) is 19.2 Å². The van der Waals surface area contributed by atoms with Crippen molar-refractivity contribution in [3.8, 4) is 23.3 Å². The van der Waals surface area contributed by atoms with E-state index in [1.165, 1.54) is 7.11 Å². The molecule has 170 valence electrons. The van der Waals surface area contributed by atoms with E-state index in [-0.39, 0.29) is 12.3 Å². The molecule has 1 heterocycles. The quantitative estimate of drug-likeness (QED) is 0.546. The molecule has 0 saturated carbocycles. The average Bonchev–Trinajstić information content (AvgIpc) is 3.10. The van der Waals surface area contributed by atoms with Crippen molar-refractivity contribution in [1.29, 1.82) is 0 Å². The van der Waals surface area contributed by atoms with Crippen molar-refractivity contribution < 1.29 is 28.6 Å². The lowest BCUT2D eigenvalue weighted by molar-refractivity contribution is -0.138. The topological polar surface area (TPSA) is 102 Å². The lowest BCUT2D eigenvalue weighted by Crippen LogP contribution is -2.37. The van der Waals surface area contributed by atoms with E-state index >= 15 is 0 Å². The van der Waals surface area contributed by atoms with Crippen LogP contribution in [0.5, 0.6) is 11.5 Å². The zero-order valence-corrected chi connectivity index (χ0v) is 18.6. The first-order valence-electron chi connectivity index (χ1n) is 10.2. The highest BCUT2D eigenvalue weighted by Gasteiger charge is 2.19. The molecule has 0 fully saturated rings. The SMILES string of the molecule is COc1ccc(OC(=O)N(CC(=O)O)Cc2cccc(C#CCc3nc(C)oc3C)c2)cc1. The standard InChI is InChI=1S/C25H24N2O6/c1-17-23(26-18(2)32-17)9-5-7-19-6-4-8-20(14-19)15-27(16-24(28)29)25(30)33-22-12-10-21(31-3)11-13-22/h4,6,8,10-14H,9,15-16H2,1-3H3,(H,28,29). The molecule has 2 aromatic carbocycles. The first-order valence-corrected chi connectivity index (χ1v) is 10.2. The predicted octanol–water partition coefficient (Wildman–Crippen LogP) is 3.98. The molecule has 1 aromatic heterocycles. The first-order chi connectivity index (χ1) is 15.8. The number of hydrogen-bond donors (Lipinski definition) is 1. The van der Waals surface area contributed by atoms with Gasteiger partial charge in [0.1, 0.15) is 23.8 Å². The molecule has 0 spiro atoms. The number of carboxylic acid groups (broad SMARTS) is 1. The molecule has 0 radical (unpaired) electrons. The van der Waals surface area contributed by atoms with E-state index in [0.29, 0.717) is 18.1 Å². The molecule has 1 amide bonds. The second-order valence-corrected chi connectivity index (χ2v) is 7.21. The summed E-state index contributed by atoms with van der Waals surface area (Å²) in [4.78, 5) is 29.3. The van der Waals surface area contributed by atoms with Gasteiger partial charge in [0.25, 0.3) is 0 Å². The van der Waals surface area contributed by atoms with Crippen molar-refractivity contribution in [2.75, 3.05) is 13.7 Å². The van der Waals surface area contributed by atoms with E-state index in [1.54, 1.807) is 43.3 Å². The van der Waals surface area contributed by atoms with E-state index < -0.39 is 18.6 Å². The minimum absolute atomic E-state index is 0.0540. The van der Waals surface area contributed by atoms with E-state index in [1.807, 2.05) is 19.1 Å². The molecular formula is C25H24N2O6. The van der Waals surface area contributed by atoms with Gasteiger partial charge in [-0.25, -0.2) is 9.78 Å². The highest BCUT2D eigenvalue weighted by Crippen LogP contribution is 2.18. The number of aliphatic carboxylic acids is 1. The number of oxazole rings is 1. The van der Waals surface area contributed by atoms with Gasteiger partial charge in [0.2, 0.25) is 0 Å². The maximum absolute atomic E-state index is 12.6. The maximum atomic E-state index is 12.6. The molecule has 0 aliphatic heterocycles. The van der Waals surface area contributed by atoms with Crippen molar-refractivity contribution in [2.45, 2.75) is 26.8 Å². The Bertz CT molecular complexity index is 1190. The van der Waals surface area contributed by atoms with Gasteiger partial charge >= 0.3 is 12.1 Å². The summed E-state index contributed by atoms with van der Waals surface area (Å²) >= 11 is 0. The normalized spacial score (nSPS) is 10.2. The van der Waals surface area contributed by atoms with Gasteiger partial charge in [-0.2, -0.15) is 0 Å². The van der Waals surface area contributed by atoms with Gasteiger partial charge in [-0.15, -0.1) is 0 Å². The van der Waals surface area contributed by atoms with Crippen molar-refractivity contribution >= 4 is 12.1 Å². The van der Waals surface area contributed by atoms with Gasteiger partial charge in [0, 0.05) is 19.0 Å². The van der Waals surface area contributed by atoms with Crippen LogP contribution in [-0.2, 0) is 17.8 Å². The van der Waals surface area contributed by atoms with E-state index in [4.69, 9.17) is 13.9 Å². The summed E-state index contributed by atoms with van der Waals surface area (Å²) in [6, 6.07) is 13.7. The first kappa shape index (κ1) is 23.4. The van der Waals surface area contributed by atoms with E-state index in [0.717, 1.165) is 27.5 Å². The van der Waals surface area contributed by atoms with E-state index in [2.05, 4.69) is 16.8 Å². The molecule has 8 heteroatoms. The summed E-state index contributed by atoms with van der Waals surface area (Å²) in [5.74, 6) is 7.24. The third kappa shape index (κ3) is 6.87. The van der Waals surface area contributed by atoms with Gasteiger partial charge < -0.3 is 19.0 Å². The maximum Gasteiger partial charge on any atom is 0.416 e. The molecule has 33 heavy (non-hydrogen) atoms. The van der Waals surface area contributed by atoms with Crippen LogP contribution < -0.4 is 9.47 Å². The minimum atomic E-state index is -1.14. The molecule has 0 aliphatic rings. The number of rotatable bonds is 7. The third-order valence-corrected chi connectivity index (χ3v) is 4.64. The molecule has 1 N–H and O–H groups in total. The molecule has 3 rings (SSSR count). The molecule has 0 aliphatic carbocycles. The number of carbonyl (C=O) groups excluding carboxylic acids is 1. The summed E-state index contributed by atoms with van der Waals surface area (Å²) in [6.07, 6.45) is -0.317.